The van der Waals surface area contributed by atoms with Crippen molar-refractivity contribution in [3.8, 4) is 0 Å². The van der Waals surface area contributed by atoms with Crippen molar-refractivity contribution in [2.75, 3.05) is 18.0 Å². The van der Waals surface area contributed by atoms with Crippen molar-refractivity contribution in [2.24, 2.45) is 0 Å². The van der Waals surface area contributed by atoms with Gasteiger partial charge in [-0.1, -0.05) is 55.3 Å². The van der Waals surface area contributed by atoms with Crippen LogP contribution < -0.4 is 4.90 Å². The fourth-order valence-electron chi connectivity index (χ4n) is 3.29. The summed E-state index contributed by atoms with van der Waals surface area (Å²) < 4.78 is 0. The molecule has 0 fully saturated rings. The van der Waals surface area contributed by atoms with Crippen LogP contribution in [-0.2, 0) is 9.59 Å². The van der Waals surface area contributed by atoms with Crippen molar-refractivity contribution in [2.45, 2.75) is 26.7 Å². The number of hydrogen-bond donors (Lipinski definition) is 0. The summed E-state index contributed by atoms with van der Waals surface area (Å²) in [5, 5.41) is 0.593. The Balaban J connectivity index is 2.14. The third kappa shape index (κ3) is 3.76. The van der Waals surface area contributed by atoms with Gasteiger partial charge in [0.2, 0.25) is 0 Å². The van der Waals surface area contributed by atoms with Crippen molar-refractivity contribution in [3.05, 3.63) is 70.9 Å². The zero-order chi connectivity index (χ0) is 19.4. The second kappa shape index (κ2) is 8.40. The Hall–Kier alpha value is -2.59. The summed E-state index contributed by atoms with van der Waals surface area (Å²) in [5.41, 5.74) is 2.48. The van der Waals surface area contributed by atoms with Gasteiger partial charge in [-0.15, -0.1) is 0 Å². The first-order chi connectivity index (χ1) is 13.1. The summed E-state index contributed by atoms with van der Waals surface area (Å²) in [5.74, 6) is -0.468. The van der Waals surface area contributed by atoms with Gasteiger partial charge < -0.3 is 4.90 Å². The SMILES string of the molecule is CCCCN1C(=O)C(c2ccc(Cl)cc2)=C(N(CC)c2ccccc2)C1=O. The number of anilines is 1. The minimum Gasteiger partial charge on any atom is -0.337 e. The van der Waals surface area contributed by atoms with Crippen LogP contribution in [0.3, 0.4) is 0 Å². The average Bonchev–Trinajstić information content (AvgIpc) is 2.93. The summed E-state index contributed by atoms with van der Waals surface area (Å²) in [6.07, 6.45) is 1.70. The molecule has 0 aliphatic carbocycles. The van der Waals surface area contributed by atoms with E-state index < -0.39 is 0 Å². The molecule has 0 saturated carbocycles. The highest BCUT2D eigenvalue weighted by Crippen LogP contribution is 2.34. The molecule has 0 aromatic heterocycles. The van der Waals surface area contributed by atoms with E-state index in [2.05, 4.69) is 0 Å². The van der Waals surface area contributed by atoms with E-state index in [1.54, 1.807) is 24.3 Å². The van der Waals surface area contributed by atoms with E-state index >= 15 is 0 Å². The highest BCUT2D eigenvalue weighted by Gasteiger charge is 2.41. The Morgan fingerprint density at radius 2 is 1.59 bits per heavy atom. The van der Waals surface area contributed by atoms with Crippen LogP contribution in [0.4, 0.5) is 5.69 Å². The molecule has 1 aliphatic rings. The van der Waals surface area contributed by atoms with Crippen LogP contribution in [0, 0.1) is 0 Å². The summed E-state index contributed by atoms with van der Waals surface area (Å²) in [4.78, 5) is 29.7. The third-order valence-electron chi connectivity index (χ3n) is 4.67. The molecule has 1 heterocycles. The number of halogens is 1. The van der Waals surface area contributed by atoms with E-state index in [0.29, 0.717) is 34.9 Å². The standard InChI is InChI=1S/C22H23ClN2O2/c1-3-5-15-25-21(26)19(16-11-13-17(23)14-12-16)20(22(25)27)24(4-2)18-9-7-6-8-10-18/h6-14H,3-5,15H2,1-2H3. The van der Waals surface area contributed by atoms with Gasteiger partial charge in [-0.3, -0.25) is 14.5 Å². The minimum atomic E-state index is -0.236. The molecule has 0 saturated heterocycles. The first-order valence-electron chi connectivity index (χ1n) is 9.27. The largest absolute Gasteiger partial charge is 0.337 e. The van der Waals surface area contributed by atoms with Crippen molar-refractivity contribution in [1.29, 1.82) is 0 Å². The van der Waals surface area contributed by atoms with Crippen LogP contribution in [0.2, 0.25) is 5.02 Å². The molecule has 0 spiro atoms. The van der Waals surface area contributed by atoms with E-state index in [1.165, 1.54) is 4.90 Å². The maximum absolute atomic E-state index is 13.2. The molecular weight excluding hydrogens is 360 g/mol. The molecule has 1 aliphatic heterocycles. The second-order valence-electron chi connectivity index (χ2n) is 6.43. The van der Waals surface area contributed by atoms with Crippen molar-refractivity contribution < 1.29 is 9.59 Å². The maximum atomic E-state index is 13.2. The van der Waals surface area contributed by atoms with Crippen LogP contribution in [0.25, 0.3) is 5.57 Å². The van der Waals surface area contributed by atoms with Crippen LogP contribution in [0.5, 0.6) is 0 Å². The van der Waals surface area contributed by atoms with Crippen LogP contribution in [0.1, 0.15) is 32.3 Å². The van der Waals surface area contributed by atoms with E-state index in [1.807, 2.05) is 49.1 Å². The molecule has 0 atom stereocenters. The monoisotopic (exact) mass is 382 g/mol. The molecule has 5 heteroatoms. The third-order valence-corrected chi connectivity index (χ3v) is 4.92. The van der Waals surface area contributed by atoms with Gasteiger partial charge in [-0.25, -0.2) is 0 Å². The quantitative estimate of drug-likeness (QED) is 0.649. The fourth-order valence-corrected chi connectivity index (χ4v) is 3.41. The van der Waals surface area contributed by atoms with Crippen molar-refractivity contribution >= 4 is 34.7 Å². The lowest BCUT2D eigenvalue weighted by atomic mass is 10.0. The Kier molecular flexibility index (Phi) is 5.97. The molecule has 2 aromatic rings. The smallest absolute Gasteiger partial charge is 0.278 e. The molecule has 27 heavy (non-hydrogen) atoms. The predicted octanol–water partition coefficient (Wildman–Crippen LogP) is 4.75. The lowest BCUT2D eigenvalue weighted by Crippen LogP contribution is -2.36. The topological polar surface area (TPSA) is 40.6 Å². The lowest BCUT2D eigenvalue weighted by Gasteiger charge is -2.24. The van der Waals surface area contributed by atoms with E-state index in [0.717, 1.165) is 18.5 Å². The molecule has 2 amide bonds. The number of unbranched alkanes of at least 4 members (excludes halogenated alkanes) is 1. The Labute approximate surface area is 165 Å². The maximum Gasteiger partial charge on any atom is 0.278 e. The van der Waals surface area contributed by atoms with Crippen molar-refractivity contribution in [1.82, 2.24) is 4.90 Å². The summed E-state index contributed by atoms with van der Waals surface area (Å²) >= 11 is 6.01. The molecular formula is C22H23ClN2O2. The van der Waals surface area contributed by atoms with Gasteiger partial charge in [0.25, 0.3) is 11.8 Å². The molecule has 3 rings (SSSR count). The molecule has 0 bridgehead atoms. The molecule has 140 valence electrons. The molecule has 0 radical (unpaired) electrons. The zero-order valence-corrected chi connectivity index (χ0v) is 16.4. The van der Waals surface area contributed by atoms with Crippen LogP contribution in [-0.4, -0.2) is 29.8 Å². The molecule has 4 nitrogen and oxygen atoms in total. The van der Waals surface area contributed by atoms with Crippen LogP contribution >= 0.6 is 11.6 Å². The number of nitrogens with zero attached hydrogens (tertiary/aromatic N) is 2. The fraction of sp³-hybridized carbons (Fsp3) is 0.273. The van der Waals surface area contributed by atoms with Gasteiger partial charge in [0.15, 0.2) is 0 Å². The van der Waals surface area contributed by atoms with E-state index in [9.17, 15) is 9.59 Å². The van der Waals surface area contributed by atoms with Gasteiger partial charge in [0.1, 0.15) is 5.70 Å². The zero-order valence-electron chi connectivity index (χ0n) is 15.6. The minimum absolute atomic E-state index is 0.232. The number of rotatable bonds is 7. The summed E-state index contributed by atoms with van der Waals surface area (Å²) in [7, 11) is 0. The average molecular weight is 383 g/mol. The van der Waals surface area contributed by atoms with Gasteiger partial charge in [0.05, 0.1) is 5.57 Å². The van der Waals surface area contributed by atoms with Crippen molar-refractivity contribution in [3.63, 3.8) is 0 Å². The number of hydrogen-bond acceptors (Lipinski definition) is 3. The number of likely N-dealkylation sites (N-methyl/N-ethyl adjacent to an activating group) is 1. The Morgan fingerprint density at radius 1 is 0.926 bits per heavy atom. The second-order valence-corrected chi connectivity index (χ2v) is 6.86. The number of amides is 2. The summed E-state index contributed by atoms with van der Waals surface area (Å²) in [6, 6.07) is 16.8. The number of carbonyl (C=O) groups is 2. The molecule has 2 aromatic carbocycles. The predicted molar refractivity (Wildman–Crippen MR) is 109 cm³/mol. The van der Waals surface area contributed by atoms with E-state index in [-0.39, 0.29) is 11.8 Å². The van der Waals surface area contributed by atoms with E-state index in [4.69, 9.17) is 11.6 Å². The lowest BCUT2D eigenvalue weighted by molar-refractivity contribution is -0.136. The van der Waals surface area contributed by atoms with Gasteiger partial charge >= 0.3 is 0 Å². The van der Waals surface area contributed by atoms with Gasteiger partial charge in [-0.05, 0) is 43.2 Å². The summed E-state index contributed by atoms with van der Waals surface area (Å²) in [6.45, 7) is 5.03. The Morgan fingerprint density at radius 3 is 2.19 bits per heavy atom. The first-order valence-corrected chi connectivity index (χ1v) is 9.65. The van der Waals surface area contributed by atoms with Gasteiger partial charge in [-0.2, -0.15) is 0 Å². The van der Waals surface area contributed by atoms with Crippen LogP contribution in [0.15, 0.2) is 60.3 Å². The molecule has 0 N–H and O–H groups in total. The Bertz CT molecular complexity index is 860. The number of benzene rings is 2. The number of carbonyl (C=O) groups excluding carboxylic acids is 2. The number of imide groups is 1. The normalized spacial score (nSPS) is 14.3. The molecule has 0 unspecified atom stereocenters. The highest BCUT2D eigenvalue weighted by atomic mass is 35.5. The number of para-hydroxylation sites is 1. The highest BCUT2D eigenvalue weighted by molar-refractivity contribution is 6.37. The first kappa shape index (κ1) is 19.2. The van der Waals surface area contributed by atoms with Gasteiger partial charge in [0, 0.05) is 23.8 Å².